The normalized spacial score (nSPS) is 11.9. The molecule has 2 aromatic carbocycles. The third-order valence-electron chi connectivity index (χ3n) is 4.41. The fourth-order valence-electron chi connectivity index (χ4n) is 3.14. The van der Waals surface area contributed by atoms with Crippen molar-refractivity contribution in [3.63, 3.8) is 0 Å². The molecule has 8 heteroatoms. The Bertz CT molecular complexity index is 1020. The quantitative estimate of drug-likeness (QED) is 0.468. The van der Waals surface area contributed by atoms with Gasteiger partial charge in [-0.05, 0) is 63.1 Å². The van der Waals surface area contributed by atoms with Gasteiger partial charge in [-0.2, -0.15) is 0 Å². The van der Waals surface area contributed by atoms with Crippen LogP contribution in [0.15, 0.2) is 47.6 Å². The lowest BCUT2D eigenvalue weighted by molar-refractivity contribution is -0.113. The van der Waals surface area contributed by atoms with Crippen LogP contribution >= 0.6 is 23.4 Å². The van der Waals surface area contributed by atoms with Crippen molar-refractivity contribution in [1.82, 2.24) is 14.8 Å². The summed E-state index contributed by atoms with van der Waals surface area (Å²) in [6, 6.07) is 13.3. The lowest BCUT2D eigenvalue weighted by Crippen LogP contribution is -2.15. The van der Waals surface area contributed by atoms with Gasteiger partial charge in [0.25, 0.3) is 0 Å². The number of carbonyl (C=O) groups is 1. The van der Waals surface area contributed by atoms with Gasteiger partial charge in [0.05, 0.1) is 16.5 Å². The van der Waals surface area contributed by atoms with Crippen molar-refractivity contribution in [3.05, 3.63) is 64.4 Å². The zero-order valence-corrected chi connectivity index (χ0v) is 19.0. The molecule has 1 atom stereocenters. The molecule has 1 amide bonds. The zero-order chi connectivity index (χ0) is 21.7. The molecule has 3 aromatic rings. The maximum absolute atomic E-state index is 12.3. The van der Waals surface area contributed by atoms with Gasteiger partial charge in [-0.25, -0.2) is 0 Å². The van der Waals surface area contributed by atoms with Crippen LogP contribution in [0.3, 0.4) is 0 Å². The lowest BCUT2D eigenvalue weighted by atomic mass is 10.1. The fourth-order valence-corrected chi connectivity index (χ4v) is 4.13. The number of amides is 1. The molecule has 1 heterocycles. The minimum absolute atomic E-state index is 0.153. The van der Waals surface area contributed by atoms with Crippen molar-refractivity contribution in [1.29, 1.82) is 0 Å². The number of ether oxygens (including phenoxy) is 1. The number of halogens is 1. The molecule has 0 saturated carbocycles. The number of nitrogens with zero attached hydrogens (tertiary/aromatic N) is 3. The van der Waals surface area contributed by atoms with Gasteiger partial charge in [0.15, 0.2) is 17.1 Å². The summed E-state index contributed by atoms with van der Waals surface area (Å²) >= 11 is 7.43. The smallest absolute Gasteiger partial charge is 0.234 e. The predicted octanol–water partition coefficient (Wildman–Crippen LogP) is 5.44. The molecule has 0 aliphatic rings. The Morgan fingerprint density at radius 3 is 2.57 bits per heavy atom. The SMILES string of the molecule is CCn1c(SCC(=O)Nc2ccccc2Cl)nnc1C(C)Oc1cc(C)cc(C)c1. The molecule has 0 saturated heterocycles. The Morgan fingerprint density at radius 1 is 1.20 bits per heavy atom. The van der Waals surface area contributed by atoms with E-state index in [4.69, 9.17) is 16.3 Å². The highest BCUT2D eigenvalue weighted by Gasteiger charge is 2.20. The third kappa shape index (κ3) is 5.55. The van der Waals surface area contributed by atoms with E-state index in [1.165, 1.54) is 11.8 Å². The number of aromatic nitrogens is 3. The summed E-state index contributed by atoms with van der Waals surface area (Å²) in [5.41, 5.74) is 2.89. The molecule has 0 spiro atoms. The van der Waals surface area contributed by atoms with Crippen LogP contribution in [0.2, 0.25) is 5.02 Å². The maximum Gasteiger partial charge on any atom is 0.234 e. The molecule has 1 N–H and O–H groups in total. The van der Waals surface area contributed by atoms with Crippen LogP contribution in [0, 0.1) is 13.8 Å². The molecule has 30 heavy (non-hydrogen) atoms. The molecule has 0 radical (unpaired) electrons. The van der Waals surface area contributed by atoms with Crippen LogP contribution in [-0.4, -0.2) is 26.4 Å². The number of hydrogen-bond donors (Lipinski definition) is 1. The second kappa shape index (κ2) is 10.00. The summed E-state index contributed by atoms with van der Waals surface area (Å²) in [5.74, 6) is 1.58. The van der Waals surface area contributed by atoms with E-state index in [2.05, 4.69) is 21.6 Å². The van der Waals surface area contributed by atoms with Gasteiger partial charge in [0, 0.05) is 6.54 Å². The van der Waals surface area contributed by atoms with Gasteiger partial charge < -0.3 is 14.6 Å². The van der Waals surface area contributed by atoms with Gasteiger partial charge >= 0.3 is 0 Å². The first-order valence-corrected chi connectivity index (χ1v) is 11.1. The van der Waals surface area contributed by atoms with E-state index in [-0.39, 0.29) is 17.8 Å². The average molecular weight is 445 g/mol. The van der Waals surface area contributed by atoms with Crippen LogP contribution in [0.1, 0.15) is 36.9 Å². The topological polar surface area (TPSA) is 69.0 Å². The summed E-state index contributed by atoms with van der Waals surface area (Å²) in [4.78, 5) is 12.3. The van der Waals surface area contributed by atoms with Gasteiger partial charge in [-0.15, -0.1) is 10.2 Å². The van der Waals surface area contributed by atoms with Crippen molar-refractivity contribution in [2.75, 3.05) is 11.1 Å². The second-order valence-electron chi connectivity index (χ2n) is 6.99. The average Bonchev–Trinajstić information content (AvgIpc) is 3.10. The highest BCUT2D eigenvalue weighted by molar-refractivity contribution is 7.99. The Morgan fingerprint density at radius 2 is 1.90 bits per heavy atom. The van der Waals surface area contributed by atoms with E-state index in [0.29, 0.717) is 22.4 Å². The fraction of sp³-hybridized carbons (Fsp3) is 0.318. The Kier molecular flexibility index (Phi) is 7.39. The van der Waals surface area contributed by atoms with E-state index in [1.807, 2.05) is 56.5 Å². The number of hydrogen-bond acceptors (Lipinski definition) is 5. The number of carbonyl (C=O) groups excluding carboxylic acids is 1. The first-order chi connectivity index (χ1) is 14.4. The van der Waals surface area contributed by atoms with Crippen LogP contribution in [-0.2, 0) is 11.3 Å². The molecule has 158 valence electrons. The number of para-hydroxylation sites is 1. The summed E-state index contributed by atoms with van der Waals surface area (Å²) in [6.07, 6.45) is -0.273. The van der Waals surface area contributed by atoms with Crippen LogP contribution < -0.4 is 10.1 Å². The highest BCUT2D eigenvalue weighted by atomic mass is 35.5. The Hall–Kier alpha value is -2.51. The number of thioether (sulfide) groups is 1. The number of rotatable bonds is 8. The van der Waals surface area contributed by atoms with Crippen molar-refractivity contribution in [2.24, 2.45) is 0 Å². The molecule has 0 aliphatic carbocycles. The summed E-state index contributed by atoms with van der Waals surface area (Å²) in [6.45, 7) is 8.73. The molecule has 1 aromatic heterocycles. The van der Waals surface area contributed by atoms with Crippen molar-refractivity contribution in [3.8, 4) is 5.75 Å². The van der Waals surface area contributed by atoms with Crippen molar-refractivity contribution in [2.45, 2.75) is 45.5 Å². The van der Waals surface area contributed by atoms with Gasteiger partial charge in [-0.3, -0.25) is 4.79 Å². The minimum Gasteiger partial charge on any atom is -0.483 e. The molecule has 0 bridgehead atoms. The first kappa shape index (κ1) is 22.2. The Labute approximate surface area is 186 Å². The molecule has 1 unspecified atom stereocenters. The number of aryl methyl sites for hydroxylation is 2. The summed E-state index contributed by atoms with van der Waals surface area (Å²) in [5, 5.41) is 12.6. The molecule has 0 aliphatic heterocycles. The second-order valence-corrected chi connectivity index (χ2v) is 8.33. The highest BCUT2D eigenvalue weighted by Crippen LogP contribution is 2.26. The van der Waals surface area contributed by atoms with E-state index in [0.717, 1.165) is 22.7 Å². The first-order valence-electron chi connectivity index (χ1n) is 9.72. The number of nitrogens with one attached hydrogen (secondary N) is 1. The zero-order valence-electron chi connectivity index (χ0n) is 17.5. The molecular weight excluding hydrogens is 420 g/mol. The van der Waals surface area contributed by atoms with Crippen molar-refractivity contribution < 1.29 is 9.53 Å². The van der Waals surface area contributed by atoms with Crippen LogP contribution in [0.25, 0.3) is 0 Å². The monoisotopic (exact) mass is 444 g/mol. The van der Waals surface area contributed by atoms with E-state index < -0.39 is 0 Å². The number of anilines is 1. The molecular formula is C22H25ClN4O2S. The number of benzene rings is 2. The molecule has 6 nitrogen and oxygen atoms in total. The summed E-state index contributed by atoms with van der Waals surface area (Å²) in [7, 11) is 0. The van der Waals surface area contributed by atoms with E-state index in [9.17, 15) is 4.79 Å². The molecule has 3 rings (SSSR count). The minimum atomic E-state index is -0.273. The standard InChI is InChI=1S/C22H25ClN4O2S/c1-5-27-21(16(4)29-17-11-14(2)10-15(3)12-17)25-26-22(27)30-13-20(28)24-19-9-7-6-8-18(19)23/h6-12,16H,5,13H2,1-4H3,(H,24,28). The van der Waals surface area contributed by atoms with Gasteiger partial charge in [0.1, 0.15) is 5.75 Å². The largest absolute Gasteiger partial charge is 0.483 e. The Balaban J connectivity index is 1.66. The summed E-state index contributed by atoms with van der Waals surface area (Å²) < 4.78 is 8.08. The van der Waals surface area contributed by atoms with E-state index >= 15 is 0 Å². The third-order valence-corrected chi connectivity index (χ3v) is 5.71. The molecule has 0 fully saturated rings. The van der Waals surface area contributed by atoms with Gasteiger partial charge in [0.2, 0.25) is 5.91 Å². The lowest BCUT2D eigenvalue weighted by Gasteiger charge is -2.16. The van der Waals surface area contributed by atoms with E-state index in [1.54, 1.807) is 12.1 Å². The van der Waals surface area contributed by atoms with Gasteiger partial charge in [-0.1, -0.05) is 41.6 Å². The maximum atomic E-state index is 12.3. The van der Waals surface area contributed by atoms with Crippen LogP contribution in [0.4, 0.5) is 5.69 Å². The predicted molar refractivity (Wildman–Crippen MR) is 121 cm³/mol. The van der Waals surface area contributed by atoms with Crippen LogP contribution in [0.5, 0.6) is 5.75 Å². The van der Waals surface area contributed by atoms with Crippen molar-refractivity contribution >= 4 is 35.0 Å².